The van der Waals surface area contributed by atoms with Crippen LogP contribution < -0.4 is 20.7 Å². The number of carbonyl (C=O) groups excluding carboxylic acids is 2. The van der Waals surface area contributed by atoms with Crippen LogP contribution in [0.15, 0.2) is 24.3 Å². The Labute approximate surface area is 281 Å². The average molecular weight is 717 g/mol. The number of carbonyl (C=O) groups is 2. The van der Waals surface area contributed by atoms with Crippen molar-refractivity contribution in [1.82, 2.24) is 25.2 Å². The van der Waals surface area contributed by atoms with Crippen molar-refractivity contribution >= 4 is 34.5 Å². The number of amides is 1. The molecule has 17 heteroatoms. The number of Topliss-reactive ketones (excluding diaryl/α,β-unsaturated/α-hetero) is 1. The summed E-state index contributed by atoms with van der Waals surface area (Å²) in [4.78, 5) is 34.2. The summed E-state index contributed by atoms with van der Waals surface area (Å²) in [7, 11) is 1.44. The molecule has 1 saturated heterocycles. The van der Waals surface area contributed by atoms with Crippen molar-refractivity contribution < 1.29 is 49.4 Å². The molecule has 1 aliphatic heterocycles. The molecule has 1 amide bonds. The van der Waals surface area contributed by atoms with Crippen LogP contribution >= 0.6 is 0 Å². The molecule has 2 aliphatic carbocycles. The predicted octanol–water partition coefficient (Wildman–Crippen LogP) is 7.07. The average Bonchev–Trinajstić information content (AvgIpc) is 3.98. The predicted molar refractivity (Wildman–Crippen MR) is 165 cm³/mol. The van der Waals surface area contributed by atoms with Crippen LogP contribution in [0.2, 0.25) is 0 Å². The van der Waals surface area contributed by atoms with Crippen LogP contribution in [0, 0.1) is 17.8 Å². The number of rotatable bonds is 13. The SMILES string of the molecule is Cn1c(Nc2cc(CNC(=O)CC3CC3)ccc2C(F)(F)F)nc2cc(C(=O)CC3N[C@H]3C3CCC(C(F)(F)F)CC3)c(OCC(F)F)nc21. The third-order valence-corrected chi connectivity index (χ3v) is 9.63. The van der Waals surface area contributed by atoms with Crippen LogP contribution in [0.4, 0.5) is 46.8 Å². The number of nitrogens with zero attached hydrogens (tertiary/aromatic N) is 3. The van der Waals surface area contributed by atoms with E-state index in [2.05, 4.69) is 25.9 Å². The monoisotopic (exact) mass is 716 g/mol. The first-order valence-electron chi connectivity index (χ1n) is 16.4. The highest BCUT2D eigenvalue weighted by Gasteiger charge is 2.48. The number of fused-ring (bicyclic) bond motifs is 1. The summed E-state index contributed by atoms with van der Waals surface area (Å²) in [6.45, 7) is -1.07. The van der Waals surface area contributed by atoms with Crippen molar-refractivity contribution in [2.45, 2.75) is 88.8 Å². The van der Waals surface area contributed by atoms with Gasteiger partial charge in [-0.3, -0.25) is 14.2 Å². The summed E-state index contributed by atoms with van der Waals surface area (Å²) in [6.07, 6.45) is -8.93. The van der Waals surface area contributed by atoms with Gasteiger partial charge in [0.05, 0.1) is 22.7 Å². The zero-order valence-corrected chi connectivity index (χ0v) is 26.9. The van der Waals surface area contributed by atoms with Gasteiger partial charge in [0, 0.05) is 38.5 Å². The Morgan fingerprint density at radius 2 is 1.72 bits per heavy atom. The quantitative estimate of drug-likeness (QED) is 0.0984. The number of aryl methyl sites for hydroxylation is 1. The van der Waals surface area contributed by atoms with E-state index in [9.17, 15) is 44.7 Å². The van der Waals surface area contributed by atoms with E-state index in [-0.39, 0.29) is 78.1 Å². The number of aromatic nitrogens is 3. The largest absolute Gasteiger partial charge is 0.471 e. The fourth-order valence-electron chi connectivity index (χ4n) is 6.65. The molecule has 50 heavy (non-hydrogen) atoms. The Balaban J connectivity index is 1.21. The zero-order chi connectivity index (χ0) is 36.0. The highest BCUT2D eigenvalue weighted by atomic mass is 19.4. The first kappa shape index (κ1) is 35.8. The van der Waals surface area contributed by atoms with Crippen molar-refractivity contribution in [2.75, 3.05) is 11.9 Å². The van der Waals surface area contributed by atoms with Crippen molar-refractivity contribution in [3.63, 3.8) is 0 Å². The van der Waals surface area contributed by atoms with E-state index >= 15 is 0 Å². The van der Waals surface area contributed by atoms with Gasteiger partial charge in [0.15, 0.2) is 18.0 Å². The minimum Gasteiger partial charge on any atom is -0.471 e. The third-order valence-electron chi connectivity index (χ3n) is 9.63. The summed E-state index contributed by atoms with van der Waals surface area (Å²) in [5.41, 5.74) is -1.00. The van der Waals surface area contributed by atoms with Gasteiger partial charge in [0.2, 0.25) is 17.7 Å². The lowest BCUT2D eigenvalue weighted by molar-refractivity contribution is -0.183. The molecule has 9 nitrogen and oxygen atoms in total. The van der Waals surface area contributed by atoms with Crippen molar-refractivity contribution in [1.29, 1.82) is 0 Å². The van der Waals surface area contributed by atoms with Gasteiger partial charge in [0.25, 0.3) is 6.43 Å². The number of alkyl halides is 8. The molecule has 2 saturated carbocycles. The number of hydrogen-bond donors (Lipinski definition) is 3. The van der Waals surface area contributed by atoms with Gasteiger partial charge in [-0.1, -0.05) is 6.07 Å². The molecule has 3 fully saturated rings. The number of halogens is 8. The zero-order valence-electron chi connectivity index (χ0n) is 26.9. The Kier molecular flexibility index (Phi) is 9.98. The maximum absolute atomic E-state index is 14.0. The van der Waals surface area contributed by atoms with Crippen LogP contribution in [0.5, 0.6) is 5.88 Å². The molecule has 272 valence electrons. The summed E-state index contributed by atoms with van der Waals surface area (Å²) in [5, 5.41) is 8.55. The van der Waals surface area contributed by atoms with Crippen LogP contribution in [0.25, 0.3) is 11.2 Å². The molecule has 3 heterocycles. The second-order valence-corrected chi connectivity index (χ2v) is 13.4. The van der Waals surface area contributed by atoms with Gasteiger partial charge >= 0.3 is 12.4 Å². The highest BCUT2D eigenvalue weighted by molar-refractivity contribution is 6.01. The molecular formula is C33H36F8N6O3. The van der Waals surface area contributed by atoms with Gasteiger partial charge in [-0.2, -0.15) is 31.3 Å². The van der Waals surface area contributed by atoms with E-state index in [1.54, 1.807) is 0 Å². The molecular weight excluding hydrogens is 680 g/mol. The second-order valence-electron chi connectivity index (χ2n) is 13.4. The fraction of sp³-hybridized carbons (Fsp3) is 0.576. The van der Waals surface area contributed by atoms with Gasteiger partial charge in [0.1, 0.15) is 5.52 Å². The number of nitrogens with one attached hydrogen (secondary N) is 3. The van der Waals surface area contributed by atoms with E-state index in [1.807, 2.05) is 0 Å². The van der Waals surface area contributed by atoms with E-state index < -0.39 is 48.5 Å². The smallest absolute Gasteiger partial charge is 0.418 e. The van der Waals surface area contributed by atoms with Crippen molar-refractivity contribution in [3.05, 3.63) is 41.0 Å². The summed E-state index contributed by atoms with van der Waals surface area (Å²) in [6, 6.07) is 4.18. The first-order chi connectivity index (χ1) is 23.6. The van der Waals surface area contributed by atoms with Crippen LogP contribution in [0.1, 0.15) is 72.9 Å². The summed E-state index contributed by atoms with van der Waals surface area (Å²) < 4.78 is 114. The molecule has 3 aromatic rings. The molecule has 1 aromatic carbocycles. The number of ether oxygens (including phenoxy) is 1. The minimum absolute atomic E-state index is 0.00427. The number of anilines is 2. The van der Waals surface area contributed by atoms with E-state index in [0.717, 1.165) is 18.9 Å². The van der Waals surface area contributed by atoms with Crippen LogP contribution in [0.3, 0.4) is 0 Å². The maximum atomic E-state index is 14.0. The van der Waals surface area contributed by atoms with Gasteiger partial charge in [-0.15, -0.1) is 0 Å². The van der Waals surface area contributed by atoms with E-state index in [4.69, 9.17) is 4.74 Å². The Morgan fingerprint density at radius 1 is 1.00 bits per heavy atom. The standard InChI is InChI=1S/C33H36F8N6O3/c1-47-29-24(45-31(47)44-22-10-17(4-9-21(22)33(39,40)41)14-42-27(49)11-16-2-3-16)12-20(30(46-29)50-15-26(34)35)25(48)13-23-28(43-23)18-5-7-19(8-6-18)32(36,37)38/h4,9-10,12,16,18-19,23,26,28,43H,2-3,5-8,11,13-15H2,1H3,(H,42,49)(H,44,45)/t18?,19?,23?,28-/m0/s1. The molecule has 2 atom stereocenters. The van der Waals surface area contributed by atoms with E-state index in [1.165, 1.54) is 29.8 Å². The fourth-order valence-corrected chi connectivity index (χ4v) is 6.65. The second kappa shape index (κ2) is 13.9. The Hall–Kier alpha value is -4.02. The van der Waals surface area contributed by atoms with Gasteiger partial charge in [-0.05, 0) is 74.1 Å². The van der Waals surface area contributed by atoms with E-state index in [0.29, 0.717) is 30.7 Å². The molecule has 2 aromatic heterocycles. The van der Waals surface area contributed by atoms with Crippen molar-refractivity contribution in [3.8, 4) is 5.88 Å². The lowest BCUT2D eigenvalue weighted by Crippen LogP contribution is -2.30. The van der Waals surface area contributed by atoms with Gasteiger partial charge < -0.3 is 20.7 Å². The molecule has 3 N–H and O–H groups in total. The molecule has 0 spiro atoms. The molecule has 0 bridgehead atoms. The normalized spacial score (nSPS) is 22.5. The first-order valence-corrected chi connectivity index (χ1v) is 16.4. The highest BCUT2D eigenvalue weighted by Crippen LogP contribution is 2.43. The molecule has 1 unspecified atom stereocenters. The molecule has 0 radical (unpaired) electrons. The topological polar surface area (TPSA) is 120 Å². The summed E-state index contributed by atoms with van der Waals surface area (Å²) >= 11 is 0. The third kappa shape index (κ3) is 8.46. The van der Waals surface area contributed by atoms with Gasteiger partial charge in [-0.25, -0.2) is 13.8 Å². The number of imidazole rings is 1. The molecule has 6 rings (SSSR count). The van der Waals surface area contributed by atoms with Crippen molar-refractivity contribution in [2.24, 2.45) is 24.8 Å². The maximum Gasteiger partial charge on any atom is 0.418 e. The Bertz CT molecular complexity index is 1730. The lowest BCUT2D eigenvalue weighted by Gasteiger charge is -2.29. The lowest BCUT2D eigenvalue weighted by atomic mass is 9.79. The van der Waals surface area contributed by atoms with Crippen LogP contribution in [-0.4, -0.2) is 57.5 Å². The Morgan fingerprint density at radius 3 is 2.36 bits per heavy atom. The number of pyridine rings is 1. The number of benzene rings is 1. The number of ketones is 1. The van der Waals surface area contributed by atoms with Crippen LogP contribution in [-0.2, 0) is 24.6 Å². The summed E-state index contributed by atoms with van der Waals surface area (Å²) in [5.74, 6) is -2.26. The molecule has 3 aliphatic rings. The minimum atomic E-state index is -4.75. The number of hydrogen-bond acceptors (Lipinski definition) is 7.